The predicted molar refractivity (Wildman–Crippen MR) is 85.6 cm³/mol. The minimum Gasteiger partial charge on any atom is -0.493 e. The third-order valence-corrected chi connectivity index (χ3v) is 4.53. The summed E-state index contributed by atoms with van der Waals surface area (Å²) in [5.41, 5.74) is -0.399. The minimum atomic E-state index is -1.08. The van der Waals surface area contributed by atoms with Crippen LogP contribution in [0.4, 0.5) is 4.79 Å². The zero-order valence-corrected chi connectivity index (χ0v) is 13.8. The number of aryl methyl sites for hydroxylation is 1. The van der Waals surface area contributed by atoms with Crippen molar-refractivity contribution in [1.82, 2.24) is 20.4 Å². The first-order valence-electron chi connectivity index (χ1n) is 8.32. The lowest BCUT2D eigenvalue weighted by atomic mass is 9.84. The predicted octanol–water partition coefficient (Wildman–Crippen LogP) is 1.75. The average Bonchev–Trinajstić information content (AvgIpc) is 3.15. The number of nitrogens with one attached hydrogen (secondary N) is 1. The molecular formula is C17H18N4O4. The molecule has 8 heteroatoms. The van der Waals surface area contributed by atoms with Gasteiger partial charge in [-0.05, 0) is 12.5 Å². The van der Waals surface area contributed by atoms with E-state index in [4.69, 9.17) is 9.26 Å². The van der Waals surface area contributed by atoms with Crippen molar-refractivity contribution in [1.29, 1.82) is 0 Å². The fourth-order valence-electron chi connectivity index (χ4n) is 3.33. The van der Waals surface area contributed by atoms with Gasteiger partial charge in [-0.3, -0.25) is 9.69 Å². The SMILES string of the molecule is CCCc1nc(CN2C(=O)NC3(CCOc4ccccc43)C2=O)no1. The molecule has 2 aliphatic rings. The molecule has 0 saturated carbocycles. The van der Waals surface area contributed by atoms with Crippen LogP contribution in [0, 0.1) is 0 Å². The minimum absolute atomic E-state index is 0.0113. The summed E-state index contributed by atoms with van der Waals surface area (Å²) < 4.78 is 10.7. The molecule has 1 unspecified atom stereocenters. The fraction of sp³-hybridized carbons (Fsp3) is 0.412. The van der Waals surface area contributed by atoms with Crippen molar-refractivity contribution in [3.05, 3.63) is 41.5 Å². The van der Waals surface area contributed by atoms with E-state index in [2.05, 4.69) is 15.5 Å². The Morgan fingerprint density at radius 3 is 3.00 bits per heavy atom. The van der Waals surface area contributed by atoms with Gasteiger partial charge in [0, 0.05) is 18.4 Å². The maximum Gasteiger partial charge on any atom is 0.325 e. The number of urea groups is 1. The van der Waals surface area contributed by atoms with Crippen molar-refractivity contribution < 1.29 is 18.8 Å². The molecule has 1 N–H and O–H groups in total. The van der Waals surface area contributed by atoms with E-state index in [0.717, 1.165) is 11.3 Å². The van der Waals surface area contributed by atoms with Crippen molar-refractivity contribution in [2.75, 3.05) is 6.61 Å². The number of amides is 3. The van der Waals surface area contributed by atoms with E-state index in [0.29, 0.717) is 42.5 Å². The van der Waals surface area contributed by atoms with Crippen LogP contribution >= 0.6 is 0 Å². The van der Waals surface area contributed by atoms with Gasteiger partial charge < -0.3 is 14.6 Å². The topological polar surface area (TPSA) is 97.6 Å². The normalized spacial score (nSPS) is 22.0. The molecule has 4 rings (SSSR count). The Labute approximate surface area is 144 Å². The molecule has 0 bridgehead atoms. The molecule has 1 aromatic carbocycles. The second-order valence-electron chi connectivity index (χ2n) is 6.18. The Hall–Kier alpha value is -2.90. The lowest BCUT2D eigenvalue weighted by molar-refractivity contribution is -0.133. The molecule has 1 spiro atoms. The van der Waals surface area contributed by atoms with Gasteiger partial charge in [0.25, 0.3) is 5.91 Å². The van der Waals surface area contributed by atoms with Gasteiger partial charge in [-0.25, -0.2) is 4.79 Å². The zero-order valence-electron chi connectivity index (χ0n) is 13.8. The van der Waals surface area contributed by atoms with Crippen LogP contribution in [0.2, 0.25) is 0 Å². The van der Waals surface area contributed by atoms with E-state index >= 15 is 0 Å². The van der Waals surface area contributed by atoms with Crippen LogP contribution in [0.3, 0.4) is 0 Å². The molecule has 130 valence electrons. The largest absolute Gasteiger partial charge is 0.493 e. The van der Waals surface area contributed by atoms with Gasteiger partial charge in [-0.15, -0.1) is 0 Å². The van der Waals surface area contributed by atoms with Gasteiger partial charge in [0.15, 0.2) is 11.4 Å². The number of imide groups is 1. The molecule has 8 nitrogen and oxygen atoms in total. The third-order valence-electron chi connectivity index (χ3n) is 4.53. The molecule has 0 aliphatic carbocycles. The molecule has 1 aromatic heterocycles. The number of para-hydroxylation sites is 1. The second kappa shape index (κ2) is 5.87. The average molecular weight is 342 g/mol. The Morgan fingerprint density at radius 2 is 2.16 bits per heavy atom. The number of hydrogen-bond acceptors (Lipinski definition) is 6. The summed E-state index contributed by atoms with van der Waals surface area (Å²) in [6.45, 7) is 2.36. The van der Waals surface area contributed by atoms with Crippen molar-refractivity contribution in [3.63, 3.8) is 0 Å². The van der Waals surface area contributed by atoms with Crippen LogP contribution in [0.25, 0.3) is 0 Å². The van der Waals surface area contributed by atoms with Gasteiger partial charge in [0.05, 0.1) is 13.2 Å². The molecule has 3 heterocycles. The number of ether oxygens (including phenoxy) is 1. The highest BCUT2D eigenvalue weighted by molar-refractivity contribution is 6.07. The zero-order chi connectivity index (χ0) is 17.4. The number of carbonyl (C=O) groups excluding carboxylic acids is 2. The van der Waals surface area contributed by atoms with Crippen LogP contribution in [-0.4, -0.2) is 33.6 Å². The van der Waals surface area contributed by atoms with E-state index in [1.165, 1.54) is 0 Å². The van der Waals surface area contributed by atoms with E-state index in [-0.39, 0.29) is 12.5 Å². The molecule has 1 saturated heterocycles. The molecular weight excluding hydrogens is 324 g/mol. The monoisotopic (exact) mass is 342 g/mol. The van der Waals surface area contributed by atoms with Gasteiger partial charge in [0.2, 0.25) is 5.89 Å². The first kappa shape index (κ1) is 15.6. The molecule has 1 fully saturated rings. The number of nitrogens with zero attached hydrogens (tertiary/aromatic N) is 3. The molecule has 3 amide bonds. The molecule has 1 atom stereocenters. The number of fused-ring (bicyclic) bond motifs is 2. The third kappa shape index (κ3) is 2.45. The molecule has 25 heavy (non-hydrogen) atoms. The highest BCUT2D eigenvalue weighted by Crippen LogP contribution is 2.41. The summed E-state index contributed by atoms with van der Waals surface area (Å²) >= 11 is 0. The number of rotatable bonds is 4. The van der Waals surface area contributed by atoms with Crippen LogP contribution in [0.1, 0.15) is 37.0 Å². The Kier molecular flexibility index (Phi) is 3.67. The quantitative estimate of drug-likeness (QED) is 0.850. The van der Waals surface area contributed by atoms with Crippen molar-refractivity contribution in [2.45, 2.75) is 38.3 Å². The lowest BCUT2D eigenvalue weighted by Crippen LogP contribution is -2.47. The lowest BCUT2D eigenvalue weighted by Gasteiger charge is -2.33. The van der Waals surface area contributed by atoms with Gasteiger partial charge in [-0.1, -0.05) is 30.3 Å². The first-order chi connectivity index (χ1) is 12.1. The Morgan fingerprint density at radius 1 is 1.32 bits per heavy atom. The standard InChI is InChI=1S/C17H18N4O4/c1-2-5-14-18-13(20-25-14)10-21-15(22)17(19-16(21)23)8-9-24-12-7-4-3-6-11(12)17/h3-4,6-7H,2,5,8-10H2,1H3,(H,19,23). The number of hydrogen-bond donors (Lipinski definition) is 1. The summed E-state index contributed by atoms with van der Waals surface area (Å²) in [4.78, 5) is 30.9. The molecule has 2 aromatic rings. The fourth-order valence-corrected chi connectivity index (χ4v) is 3.33. The smallest absolute Gasteiger partial charge is 0.325 e. The van der Waals surface area contributed by atoms with Crippen molar-refractivity contribution in [2.24, 2.45) is 0 Å². The van der Waals surface area contributed by atoms with Crippen molar-refractivity contribution >= 4 is 11.9 Å². The number of benzene rings is 1. The first-order valence-corrected chi connectivity index (χ1v) is 8.32. The summed E-state index contributed by atoms with van der Waals surface area (Å²) in [5, 5.41) is 6.71. The Bertz CT molecular complexity index is 834. The van der Waals surface area contributed by atoms with Gasteiger partial charge in [-0.2, -0.15) is 4.98 Å². The van der Waals surface area contributed by atoms with Crippen LogP contribution < -0.4 is 10.1 Å². The van der Waals surface area contributed by atoms with E-state index in [1.54, 1.807) is 6.07 Å². The molecule has 2 aliphatic heterocycles. The van der Waals surface area contributed by atoms with E-state index in [1.807, 2.05) is 25.1 Å². The summed E-state index contributed by atoms with van der Waals surface area (Å²) in [7, 11) is 0. The Balaban J connectivity index is 1.62. The van der Waals surface area contributed by atoms with Gasteiger partial charge in [0.1, 0.15) is 5.75 Å². The highest BCUT2D eigenvalue weighted by atomic mass is 16.5. The molecule has 0 radical (unpaired) electrons. The summed E-state index contributed by atoms with van der Waals surface area (Å²) in [6, 6.07) is 6.82. The highest BCUT2D eigenvalue weighted by Gasteiger charge is 2.55. The number of carbonyl (C=O) groups is 2. The van der Waals surface area contributed by atoms with Crippen LogP contribution in [-0.2, 0) is 23.3 Å². The second-order valence-corrected chi connectivity index (χ2v) is 6.18. The summed E-state index contributed by atoms with van der Waals surface area (Å²) in [5.74, 6) is 1.14. The summed E-state index contributed by atoms with van der Waals surface area (Å²) in [6.07, 6.45) is 1.94. The maximum absolute atomic E-state index is 13.1. The maximum atomic E-state index is 13.1. The van der Waals surface area contributed by atoms with E-state index < -0.39 is 11.6 Å². The number of aromatic nitrogens is 2. The van der Waals surface area contributed by atoms with Crippen LogP contribution in [0.15, 0.2) is 28.8 Å². The van der Waals surface area contributed by atoms with Crippen LogP contribution in [0.5, 0.6) is 5.75 Å². The van der Waals surface area contributed by atoms with Gasteiger partial charge >= 0.3 is 6.03 Å². The van der Waals surface area contributed by atoms with E-state index in [9.17, 15) is 9.59 Å². The van der Waals surface area contributed by atoms with Crippen molar-refractivity contribution in [3.8, 4) is 5.75 Å².